The molecule has 0 spiro atoms. The van der Waals surface area contributed by atoms with E-state index in [1.54, 1.807) is 19.4 Å². The van der Waals surface area contributed by atoms with Gasteiger partial charge in [0.05, 0.1) is 24.6 Å². The summed E-state index contributed by atoms with van der Waals surface area (Å²) >= 11 is 0. The van der Waals surface area contributed by atoms with Gasteiger partial charge in [-0.05, 0) is 29.0 Å². The zero-order chi connectivity index (χ0) is 21.2. The van der Waals surface area contributed by atoms with Crippen molar-refractivity contribution in [3.05, 3.63) is 84.2 Å². The highest BCUT2D eigenvalue weighted by Crippen LogP contribution is 2.36. The first-order valence-electron chi connectivity index (χ1n) is 9.75. The molecule has 3 N–H and O–H groups in total. The van der Waals surface area contributed by atoms with E-state index in [9.17, 15) is 4.79 Å². The van der Waals surface area contributed by atoms with Crippen LogP contribution in [0.3, 0.4) is 0 Å². The summed E-state index contributed by atoms with van der Waals surface area (Å²) in [5.74, 6) is 0.309. The van der Waals surface area contributed by atoms with E-state index < -0.39 is 0 Å². The Hall–Kier alpha value is -4.39. The van der Waals surface area contributed by atoms with Crippen LogP contribution in [0.25, 0.3) is 32.9 Å². The lowest BCUT2D eigenvalue weighted by atomic mass is 10.0. The summed E-state index contributed by atoms with van der Waals surface area (Å²) in [5, 5.41) is 14.3. The van der Waals surface area contributed by atoms with E-state index in [1.807, 2.05) is 66.9 Å². The highest BCUT2D eigenvalue weighted by Gasteiger charge is 2.16. The molecule has 0 aliphatic heterocycles. The summed E-state index contributed by atoms with van der Waals surface area (Å²) in [4.78, 5) is 15.7. The van der Waals surface area contributed by atoms with Crippen molar-refractivity contribution in [1.82, 2.24) is 20.6 Å². The molecule has 7 heteroatoms. The number of ether oxygens (including phenoxy) is 1. The molecule has 0 aliphatic rings. The van der Waals surface area contributed by atoms with E-state index in [0.717, 1.165) is 32.8 Å². The van der Waals surface area contributed by atoms with E-state index in [2.05, 4.69) is 25.7 Å². The van der Waals surface area contributed by atoms with Crippen molar-refractivity contribution in [2.75, 3.05) is 7.11 Å². The molecule has 0 saturated heterocycles. The maximum atomic E-state index is 12.6. The van der Waals surface area contributed by atoms with Crippen LogP contribution in [-0.2, 0) is 0 Å². The monoisotopic (exact) mass is 409 g/mol. The number of fused-ring (bicyclic) bond motifs is 2. The van der Waals surface area contributed by atoms with E-state index in [-0.39, 0.29) is 5.91 Å². The quantitative estimate of drug-likeness (QED) is 0.295. The number of methoxy groups -OCH3 is 1. The van der Waals surface area contributed by atoms with Gasteiger partial charge in [-0.15, -0.1) is 0 Å². The molecule has 3 aromatic carbocycles. The molecule has 0 radical (unpaired) electrons. The number of carbonyl (C=O) groups excluding carboxylic acids is 1. The van der Waals surface area contributed by atoms with Crippen molar-refractivity contribution in [2.24, 2.45) is 5.10 Å². The average Bonchev–Trinajstić information content (AvgIpc) is 3.46. The highest BCUT2D eigenvalue weighted by atomic mass is 16.5. The van der Waals surface area contributed by atoms with Gasteiger partial charge in [0, 0.05) is 22.7 Å². The SMILES string of the molecule is COc1ccc2ccccc2c1-c1cc(C(=O)NN=Cc2c[nH]c3ccccc23)[nH]n1. The molecule has 31 heavy (non-hydrogen) atoms. The molecule has 2 heterocycles. The Bertz CT molecular complexity index is 1430. The maximum Gasteiger partial charge on any atom is 0.289 e. The minimum Gasteiger partial charge on any atom is -0.496 e. The van der Waals surface area contributed by atoms with Gasteiger partial charge in [-0.2, -0.15) is 10.2 Å². The van der Waals surface area contributed by atoms with Crippen LogP contribution in [0.15, 0.2) is 78.0 Å². The average molecular weight is 409 g/mol. The van der Waals surface area contributed by atoms with Crippen LogP contribution in [0.2, 0.25) is 0 Å². The second kappa shape index (κ2) is 7.79. The molecule has 1 amide bonds. The molecule has 0 atom stereocenters. The zero-order valence-corrected chi connectivity index (χ0v) is 16.7. The minimum atomic E-state index is -0.381. The Morgan fingerprint density at radius 3 is 2.74 bits per heavy atom. The third kappa shape index (κ3) is 3.42. The van der Waals surface area contributed by atoms with E-state index in [4.69, 9.17) is 4.74 Å². The van der Waals surface area contributed by atoms with Crippen molar-refractivity contribution < 1.29 is 9.53 Å². The number of aromatic nitrogens is 3. The number of hydrogen-bond donors (Lipinski definition) is 3. The highest BCUT2D eigenvalue weighted by molar-refractivity contribution is 6.02. The van der Waals surface area contributed by atoms with Gasteiger partial charge < -0.3 is 9.72 Å². The fourth-order valence-corrected chi connectivity index (χ4v) is 3.67. The summed E-state index contributed by atoms with van der Waals surface area (Å²) in [5.41, 5.74) is 6.21. The number of carbonyl (C=O) groups is 1. The van der Waals surface area contributed by atoms with Crippen LogP contribution in [0.1, 0.15) is 16.1 Å². The molecule has 5 aromatic rings. The largest absolute Gasteiger partial charge is 0.496 e. The summed E-state index contributed by atoms with van der Waals surface area (Å²) < 4.78 is 5.54. The Morgan fingerprint density at radius 1 is 1.06 bits per heavy atom. The van der Waals surface area contributed by atoms with Gasteiger partial charge in [-0.25, -0.2) is 5.43 Å². The third-order valence-corrected chi connectivity index (χ3v) is 5.18. The summed E-state index contributed by atoms with van der Waals surface area (Å²) in [6, 6.07) is 21.5. The first-order chi connectivity index (χ1) is 15.2. The van der Waals surface area contributed by atoms with Crippen LogP contribution in [0, 0.1) is 0 Å². The van der Waals surface area contributed by atoms with Gasteiger partial charge in [0.2, 0.25) is 0 Å². The number of rotatable bonds is 5. The predicted molar refractivity (Wildman–Crippen MR) is 121 cm³/mol. The molecule has 2 aromatic heterocycles. The van der Waals surface area contributed by atoms with Gasteiger partial charge in [-0.3, -0.25) is 9.89 Å². The van der Waals surface area contributed by atoms with E-state index in [0.29, 0.717) is 17.1 Å². The fraction of sp³-hybridized carbons (Fsp3) is 0.0417. The Kier molecular flexibility index (Phi) is 4.68. The van der Waals surface area contributed by atoms with Gasteiger partial charge in [-0.1, -0.05) is 48.5 Å². The molecule has 5 rings (SSSR count). The Balaban J connectivity index is 1.40. The molecule has 0 aliphatic carbocycles. The molecule has 152 valence electrons. The summed E-state index contributed by atoms with van der Waals surface area (Å²) in [6.07, 6.45) is 3.46. The molecule has 0 unspecified atom stereocenters. The second-order valence-corrected chi connectivity index (χ2v) is 7.02. The van der Waals surface area contributed by atoms with E-state index in [1.165, 1.54) is 0 Å². The maximum absolute atomic E-state index is 12.6. The lowest BCUT2D eigenvalue weighted by molar-refractivity contribution is 0.0950. The van der Waals surface area contributed by atoms with Crippen LogP contribution in [0.4, 0.5) is 0 Å². The number of hydrogen-bond acceptors (Lipinski definition) is 4. The van der Waals surface area contributed by atoms with Crippen molar-refractivity contribution in [3.8, 4) is 17.0 Å². The Morgan fingerprint density at radius 2 is 1.87 bits per heavy atom. The number of aromatic amines is 2. The topological polar surface area (TPSA) is 95.2 Å². The minimum absolute atomic E-state index is 0.307. The third-order valence-electron chi connectivity index (χ3n) is 5.18. The second-order valence-electron chi connectivity index (χ2n) is 7.02. The zero-order valence-electron chi connectivity index (χ0n) is 16.7. The number of nitrogens with zero attached hydrogens (tertiary/aromatic N) is 2. The summed E-state index contributed by atoms with van der Waals surface area (Å²) in [7, 11) is 1.62. The number of para-hydroxylation sites is 1. The smallest absolute Gasteiger partial charge is 0.289 e. The first kappa shape index (κ1) is 18.6. The normalized spacial score (nSPS) is 11.4. The number of nitrogens with one attached hydrogen (secondary N) is 3. The van der Waals surface area contributed by atoms with Crippen LogP contribution in [0.5, 0.6) is 5.75 Å². The van der Waals surface area contributed by atoms with Crippen molar-refractivity contribution in [1.29, 1.82) is 0 Å². The van der Waals surface area contributed by atoms with Crippen molar-refractivity contribution >= 4 is 33.8 Å². The number of H-pyrrole nitrogens is 2. The summed E-state index contributed by atoms with van der Waals surface area (Å²) in [6.45, 7) is 0. The molecule has 0 saturated carbocycles. The Labute approximate surface area is 177 Å². The van der Waals surface area contributed by atoms with Crippen molar-refractivity contribution in [2.45, 2.75) is 0 Å². The van der Waals surface area contributed by atoms with Gasteiger partial charge in [0.1, 0.15) is 11.4 Å². The van der Waals surface area contributed by atoms with Crippen molar-refractivity contribution in [3.63, 3.8) is 0 Å². The number of benzene rings is 3. The molecule has 0 bridgehead atoms. The number of amides is 1. The fourth-order valence-electron chi connectivity index (χ4n) is 3.67. The standard InChI is InChI=1S/C24H19N5O2/c1-31-22-11-10-15-6-2-3-8-18(15)23(22)20-12-21(28-27-20)24(30)29-26-14-16-13-25-19-9-5-4-7-17(16)19/h2-14,25H,1H3,(H,27,28)(H,29,30). The van der Waals surface area contributed by atoms with Crippen LogP contribution in [-0.4, -0.2) is 34.4 Å². The van der Waals surface area contributed by atoms with Crippen LogP contribution >= 0.6 is 0 Å². The first-order valence-corrected chi connectivity index (χ1v) is 9.75. The van der Waals surface area contributed by atoms with Gasteiger partial charge >= 0.3 is 0 Å². The molecule has 7 nitrogen and oxygen atoms in total. The lowest BCUT2D eigenvalue weighted by Crippen LogP contribution is -2.17. The van der Waals surface area contributed by atoms with E-state index >= 15 is 0 Å². The van der Waals surface area contributed by atoms with Gasteiger partial charge in [0.15, 0.2) is 0 Å². The molecular weight excluding hydrogens is 390 g/mol. The number of hydrazone groups is 1. The molecule has 0 fully saturated rings. The molecular formula is C24H19N5O2. The van der Waals surface area contributed by atoms with Gasteiger partial charge in [0.25, 0.3) is 5.91 Å². The lowest BCUT2D eigenvalue weighted by Gasteiger charge is -2.09. The van der Waals surface area contributed by atoms with Crippen LogP contribution < -0.4 is 10.2 Å². The predicted octanol–water partition coefficient (Wildman–Crippen LogP) is 4.48.